The van der Waals surface area contributed by atoms with Gasteiger partial charge in [-0.15, -0.1) is 11.3 Å². The molecule has 0 saturated heterocycles. The molecule has 0 atom stereocenters. The molecule has 0 radical (unpaired) electrons. The first-order valence-electron chi connectivity index (χ1n) is 5.13. The first-order valence-corrected chi connectivity index (χ1v) is 6.01. The number of aromatic nitrogens is 3. The zero-order chi connectivity index (χ0) is 12.3. The molecule has 6 nitrogen and oxygen atoms in total. The molecular weight excluding hydrogens is 238 g/mol. The molecule has 0 unspecified atom stereocenters. The number of nitrogen functional groups attached to an aromatic ring is 1. The van der Waals surface area contributed by atoms with Gasteiger partial charge in [0, 0.05) is 37.3 Å². The van der Waals surface area contributed by atoms with Gasteiger partial charge in [0.05, 0.1) is 0 Å². The summed E-state index contributed by atoms with van der Waals surface area (Å²) in [5.41, 5.74) is 6.90. The van der Waals surface area contributed by atoms with E-state index in [4.69, 9.17) is 5.73 Å². The van der Waals surface area contributed by atoms with Crippen LogP contribution in [0.1, 0.15) is 16.2 Å². The van der Waals surface area contributed by atoms with Gasteiger partial charge in [-0.25, -0.2) is 4.98 Å². The lowest BCUT2D eigenvalue weighted by atomic mass is 10.3. The second-order valence-corrected chi connectivity index (χ2v) is 4.41. The summed E-state index contributed by atoms with van der Waals surface area (Å²) in [5.74, 6) is -0.194. The van der Waals surface area contributed by atoms with Crippen LogP contribution in [0.4, 0.5) is 5.13 Å². The Bertz CT molecular complexity index is 518. The van der Waals surface area contributed by atoms with Crippen molar-refractivity contribution < 1.29 is 4.79 Å². The first kappa shape index (κ1) is 11.6. The standard InChI is InChI=1S/C10H13N5OS/c1-15-7(3-5-13-15)2-4-12-9(16)8-6-17-10(11)14-8/h3,5-6H,2,4H2,1H3,(H2,11,14)(H,12,16). The van der Waals surface area contributed by atoms with Crippen LogP contribution >= 0.6 is 11.3 Å². The number of nitrogens with zero attached hydrogens (tertiary/aromatic N) is 3. The molecule has 17 heavy (non-hydrogen) atoms. The van der Waals surface area contributed by atoms with Gasteiger partial charge >= 0.3 is 0 Å². The van der Waals surface area contributed by atoms with Gasteiger partial charge in [0.2, 0.25) is 0 Å². The molecule has 0 aromatic carbocycles. The Labute approximate surface area is 102 Å². The summed E-state index contributed by atoms with van der Waals surface area (Å²) in [4.78, 5) is 15.5. The lowest BCUT2D eigenvalue weighted by molar-refractivity contribution is 0.0950. The third-order valence-corrected chi connectivity index (χ3v) is 3.02. The fourth-order valence-corrected chi connectivity index (χ4v) is 1.98. The Hall–Kier alpha value is -1.89. The normalized spacial score (nSPS) is 10.4. The maximum atomic E-state index is 11.6. The van der Waals surface area contributed by atoms with Crippen LogP contribution in [-0.4, -0.2) is 27.2 Å². The van der Waals surface area contributed by atoms with Crippen molar-refractivity contribution in [3.05, 3.63) is 29.0 Å². The fourth-order valence-electron chi connectivity index (χ4n) is 1.43. The van der Waals surface area contributed by atoms with Crippen molar-refractivity contribution in [1.29, 1.82) is 0 Å². The van der Waals surface area contributed by atoms with E-state index in [9.17, 15) is 4.79 Å². The lowest BCUT2D eigenvalue weighted by Gasteiger charge is -2.03. The topological polar surface area (TPSA) is 85.8 Å². The predicted octanol–water partition coefficient (Wildman–Crippen LogP) is 0.431. The van der Waals surface area contributed by atoms with E-state index in [0.717, 1.165) is 12.1 Å². The highest BCUT2D eigenvalue weighted by molar-refractivity contribution is 7.13. The number of carbonyl (C=O) groups is 1. The van der Waals surface area contributed by atoms with E-state index in [1.165, 1.54) is 11.3 Å². The molecule has 90 valence electrons. The van der Waals surface area contributed by atoms with E-state index < -0.39 is 0 Å². The number of nitrogens with one attached hydrogen (secondary N) is 1. The Morgan fingerprint density at radius 2 is 2.47 bits per heavy atom. The van der Waals surface area contributed by atoms with E-state index in [-0.39, 0.29) is 5.91 Å². The number of hydrogen-bond acceptors (Lipinski definition) is 5. The fraction of sp³-hybridized carbons (Fsp3) is 0.300. The largest absolute Gasteiger partial charge is 0.375 e. The molecule has 0 aliphatic heterocycles. The number of carbonyl (C=O) groups excluding carboxylic acids is 1. The highest BCUT2D eigenvalue weighted by atomic mass is 32.1. The molecule has 0 aliphatic carbocycles. The molecule has 0 bridgehead atoms. The number of aryl methyl sites for hydroxylation is 1. The summed E-state index contributed by atoms with van der Waals surface area (Å²) in [7, 11) is 1.87. The molecule has 3 N–H and O–H groups in total. The maximum Gasteiger partial charge on any atom is 0.270 e. The molecule has 0 saturated carbocycles. The molecule has 0 fully saturated rings. The number of anilines is 1. The summed E-state index contributed by atoms with van der Waals surface area (Å²) in [6, 6.07) is 1.92. The van der Waals surface area contributed by atoms with Crippen LogP contribution < -0.4 is 11.1 Å². The number of amides is 1. The zero-order valence-corrected chi connectivity index (χ0v) is 10.2. The number of rotatable bonds is 4. The third-order valence-electron chi connectivity index (χ3n) is 2.34. The lowest BCUT2D eigenvalue weighted by Crippen LogP contribution is -2.26. The first-order chi connectivity index (χ1) is 8.16. The van der Waals surface area contributed by atoms with Crippen molar-refractivity contribution in [1.82, 2.24) is 20.1 Å². The Balaban J connectivity index is 1.83. The van der Waals surface area contributed by atoms with E-state index >= 15 is 0 Å². The Morgan fingerprint density at radius 1 is 1.65 bits per heavy atom. The van der Waals surface area contributed by atoms with Crippen molar-refractivity contribution in [3.8, 4) is 0 Å². The van der Waals surface area contributed by atoms with Crippen molar-refractivity contribution in [2.75, 3.05) is 12.3 Å². The second-order valence-electron chi connectivity index (χ2n) is 3.52. The van der Waals surface area contributed by atoms with Gasteiger partial charge in [0.25, 0.3) is 5.91 Å². The molecule has 0 aliphatic rings. The molecule has 2 aromatic rings. The second kappa shape index (κ2) is 4.96. The molecule has 2 rings (SSSR count). The quantitative estimate of drug-likeness (QED) is 0.825. The van der Waals surface area contributed by atoms with Gasteiger partial charge in [-0.1, -0.05) is 0 Å². The van der Waals surface area contributed by atoms with E-state index in [2.05, 4.69) is 15.4 Å². The van der Waals surface area contributed by atoms with Crippen LogP contribution in [0.25, 0.3) is 0 Å². The van der Waals surface area contributed by atoms with Gasteiger partial charge in [0.15, 0.2) is 5.13 Å². The average Bonchev–Trinajstić information content (AvgIpc) is 2.88. The van der Waals surface area contributed by atoms with Gasteiger partial charge < -0.3 is 11.1 Å². The van der Waals surface area contributed by atoms with Crippen LogP contribution in [-0.2, 0) is 13.5 Å². The predicted molar refractivity (Wildman–Crippen MR) is 65.8 cm³/mol. The highest BCUT2D eigenvalue weighted by Crippen LogP contribution is 2.10. The van der Waals surface area contributed by atoms with Crippen molar-refractivity contribution in [2.45, 2.75) is 6.42 Å². The van der Waals surface area contributed by atoms with Crippen molar-refractivity contribution in [2.24, 2.45) is 7.05 Å². The Morgan fingerprint density at radius 3 is 3.06 bits per heavy atom. The summed E-state index contributed by atoms with van der Waals surface area (Å²) in [6.45, 7) is 0.551. The third kappa shape index (κ3) is 2.82. The monoisotopic (exact) mass is 251 g/mol. The molecule has 7 heteroatoms. The van der Waals surface area contributed by atoms with Crippen LogP contribution in [0.2, 0.25) is 0 Å². The minimum absolute atomic E-state index is 0.194. The van der Waals surface area contributed by atoms with Crippen LogP contribution in [0, 0.1) is 0 Å². The number of nitrogens with two attached hydrogens (primary N) is 1. The Kier molecular flexibility index (Phi) is 3.38. The van der Waals surface area contributed by atoms with Gasteiger partial charge in [-0.2, -0.15) is 5.10 Å². The van der Waals surface area contributed by atoms with Crippen LogP contribution in [0.3, 0.4) is 0 Å². The highest BCUT2D eigenvalue weighted by Gasteiger charge is 2.08. The summed E-state index contributed by atoms with van der Waals surface area (Å²) in [6.07, 6.45) is 2.47. The summed E-state index contributed by atoms with van der Waals surface area (Å²) in [5, 5.41) is 8.89. The van der Waals surface area contributed by atoms with Crippen LogP contribution in [0.15, 0.2) is 17.6 Å². The molecule has 0 spiro atoms. The van der Waals surface area contributed by atoms with Crippen LogP contribution in [0.5, 0.6) is 0 Å². The molecule has 2 heterocycles. The molecule has 1 amide bonds. The van der Waals surface area contributed by atoms with Gasteiger partial charge in [0.1, 0.15) is 5.69 Å². The minimum atomic E-state index is -0.194. The number of hydrogen-bond donors (Lipinski definition) is 2. The average molecular weight is 251 g/mol. The SMILES string of the molecule is Cn1nccc1CCNC(=O)c1csc(N)n1. The van der Waals surface area contributed by atoms with Gasteiger partial charge in [-0.3, -0.25) is 9.48 Å². The number of thiazole rings is 1. The van der Waals surface area contributed by atoms with E-state index in [1.54, 1.807) is 16.3 Å². The summed E-state index contributed by atoms with van der Waals surface area (Å²) >= 11 is 1.26. The van der Waals surface area contributed by atoms with Crippen molar-refractivity contribution in [3.63, 3.8) is 0 Å². The molecule has 2 aromatic heterocycles. The zero-order valence-electron chi connectivity index (χ0n) is 9.38. The summed E-state index contributed by atoms with van der Waals surface area (Å²) < 4.78 is 1.78. The van der Waals surface area contributed by atoms with Gasteiger partial charge in [-0.05, 0) is 6.07 Å². The molecular formula is C10H13N5OS. The van der Waals surface area contributed by atoms with E-state index in [0.29, 0.717) is 17.4 Å². The van der Waals surface area contributed by atoms with E-state index in [1.807, 2.05) is 13.1 Å². The maximum absolute atomic E-state index is 11.6. The smallest absolute Gasteiger partial charge is 0.270 e. The van der Waals surface area contributed by atoms with Crippen molar-refractivity contribution >= 4 is 22.4 Å². The minimum Gasteiger partial charge on any atom is -0.375 e.